The van der Waals surface area contributed by atoms with Gasteiger partial charge in [0.05, 0.1) is 6.04 Å². The first kappa shape index (κ1) is 14.0. The second-order valence-electron chi connectivity index (χ2n) is 4.28. The summed E-state index contributed by atoms with van der Waals surface area (Å²) in [6.07, 6.45) is 2.17. The lowest BCUT2D eigenvalue weighted by Crippen LogP contribution is -2.13. The van der Waals surface area contributed by atoms with Crippen LogP contribution in [0.2, 0.25) is 0 Å². The number of nitrogens with zero attached hydrogens (tertiary/aromatic N) is 1. The number of hydrogen-bond donors (Lipinski definition) is 0. The largest absolute Gasteiger partial charge is 0.519 e. The van der Waals surface area contributed by atoms with Gasteiger partial charge in [-0.3, -0.25) is 0 Å². The molecule has 0 saturated heterocycles. The Morgan fingerprint density at radius 1 is 1.50 bits per heavy atom. The van der Waals surface area contributed by atoms with Gasteiger partial charge in [0, 0.05) is 6.42 Å². The van der Waals surface area contributed by atoms with E-state index < -0.39 is 12.0 Å². The molecule has 2 rings (SSSR count). The van der Waals surface area contributed by atoms with Crippen LogP contribution in [-0.2, 0) is 16.1 Å². The van der Waals surface area contributed by atoms with Gasteiger partial charge >= 0.3 is 12.0 Å². The summed E-state index contributed by atoms with van der Waals surface area (Å²) in [6.45, 7) is 1.27. The normalized spacial score (nSPS) is 18.2. The van der Waals surface area contributed by atoms with Gasteiger partial charge in [0.2, 0.25) is 0 Å². The van der Waals surface area contributed by atoms with Crippen molar-refractivity contribution < 1.29 is 23.1 Å². The first-order valence-electron chi connectivity index (χ1n) is 6.04. The van der Waals surface area contributed by atoms with Crippen LogP contribution < -0.4 is 5.82 Å². The van der Waals surface area contributed by atoms with Gasteiger partial charge in [-0.1, -0.05) is 5.18 Å². The van der Waals surface area contributed by atoms with E-state index in [0.717, 1.165) is 0 Å². The van der Waals surface area contributed by atoms with Crippen molar-refractivity contribution >= 4 is 6.16 Å². The highest BCUT2D eigenvalue weighted by molar-refractivity contribution is 5.61. The lowest BCUT2D eigenvalue weighted by Gasteiger charge is -2.15. The maximum Gasteiger partial charge on any atom is 0.519 e. The molecule has 1 atom stereocenters. The number of ether oxygens (including phenoxy) is 2. The van der Waals surface area contributed by atoms with E-state index in [2.05, 4.69) is 14.0 Å². The minimum Gasteiger partial charge on any atom is -0.426 e. The van der Waals surface area contributed by atoms with Crippen molar-refractivity contribution in [3.8, 4) is 0 Å². The zero-order valence-corrected chi connectivity index (χ0v) is 10.8. The summed E-state index contributed by atoms with van der Waals surface area (Å²) in [5.74, 6) is -0.0218. The topological polar surface area (TPSA) is 108 Å². The fraction of sp³-hybridized carbons (Fsp3) is 0.500. The van der Waals surface area contributed by atoms with Gasteiger partial charge in [-0.05, 0) is 25.8 Å². The van der Waals surface area contributed by atoms with Crippen molar-refractivity contribution in [1.29, 1.82) is 0 Å². The molecule has 8 heteroatoms. The molecular formula is C12H13NO7. The first-order chi connectivity index (χ1) is 9.58. The summed E-state index contributed by atoms with van der Waals surface area (Å²) in [5.41, 5.74) is 0. The molecule has 1 aliphatic carbocycles. The van der Waals surface area contributed by atoms with Crippen LogP contribution in [0.5, 0.6) is 0 Å². The molecule has 0 aromatic carbocycles. The molecule has 108 valence electrons. The molecule has 20 heavy (non-hydrogen) atoms. The zero-order chi connectivity index (χ0) is 14.5. The Morgan fingerprint density at radius 2 is 2.30 bits per heavy atom. The third-order valence-corrected chi connectivity index (χ3v) is 2.86. The molecule has 0 spiro atoms. The van der Waals surface area contributed by atoms with Gasteiger partial charge in [0.25, 0.3) is 0 Å². The van der Waals surface area contributed by atoms with Crippen molar-refractivity contribution in [3.05, 3.63) is 38.9 Å². The van der Waals surface area contributed by atoms with Gasteiger partial charge in [0.15, 0.2) is 18.1 Å². The SMILES string of the molecule is Cc1oc(=O)oc1COC(=O)OC1=CCC(N=O)CC1. The predicted molar refractivity (Wildman–Crippen MR) is 64.8 cm³/mol. The van der Waals surface area contributed by atoms with Gasteiger partial charge in [-0.15, -0.1) is 0 Å². The molecule has 0 saturated carbocycles. The number of nitroso groups, excluding NO2 is 1. The Balaban J connectivity index is 1.81. The van der Waals surface area contributed by atoms with E-state index in [9.17, 15) is 14.5 Å². The lowest BCUT2D eigenvalue weighted by molar-refractivity contribution is 0.0621. The highest BCUT2D eigenvalue weighted by Gasteiger charge is 2.19. The Morgan fingerprint density at radius 3 is 2.85 bits per heavy atom. The molecule has 1 unspecified atom stereocenters. The van der Waals surface area contributed by atoms with Crippen LogP contribution in [0.4, 0.5) is 4.79 Å². The summed E-state index contributed by atoms with van der Waals surface area (Å²) in [4.78, 5) is 32.5. The quantitative estimate of drug-likeness (QED) is 0.616. The average Bonchev–Trinajstić information content (AvgIpc) is 2.75. The Labute approximate surface area is 113 Å². The van der Waals surface area contributed by atoms with Crippen LogP contribution in [0.1, 0.15) is 30.8 Å². The minimum absolute atomic E-state index is 0.134. The van der Waals surface area contributed by atoms with Crippen LogP contribution in [0.3, 0.4) is 0 Å². The summed E-state index contributed by atoms with van der Waals surface area (Å²) in [6, 6.07) is -0.263. The first-order valence-corrected chi connectivity index (χ1v) is 6.04. The molecule has 1 aliphatic rings. The molecule has 0 bridgehead atoms. The van der Waals surface area contributed by atoms with Crippen molar-refractivity contribution in [1.82, 2.24) is 0 Å². The fourth-order valence-electron chi connectivity index (χ4n) is 1.75. The maximum atomic E-state index is 11.4. The second-order valence-corrected chi connectivity index (χ2v) is 4.28. The highest BCUT2D eigenvalue weighted by Crippen LogP contribution is 2.21. The number of carbonyl (C=O) groups excluding carboxylic acids is 1. The third kappa shape index (κ3) is 3.56. The van der Waals surface area contributed by atoms with E-state index in [1.807, 2.05) is 0 Å². The van der Waals surface area contributed by atoms with E-state index in [1.165, 1.54) is 6.92 Å². The molecule has 0 aliphatic heterocycles. The van der Waals surface area contributed by atoms with E-state index in [-0.39, 0.29) is 24.2 Å². The Hall–Kier alpha value is -2.38. The Bertz CT molecular complexity index is 583. The summed E-state index contributed by atoms with van der Waals surface area (Å²) < 4.78 is 19.0. The Kier molecular flexibility index (Phi) is 4.34. The molecular weight excluding hydrogens is 270 g/mol. The summed E-state index contributed by atoms with van der Waals surface area (Å²) in [7, 11) is 0. The molecule has 1 heterocycles. The number of aryl methyl sites for hydroxylation is 1. The van der Waals surface area contributed by atoms with Crippen LogP contribution >= 0.6 is 0 Å². The standard InChI is InChI=1S/C12H13NO7/c1-7-10(20-12(15)18-7)6-17-11(14)19-9-4-2-8(13-16)3-5-9/h4,8H,2-3,5-6H2,1H3. The van der Waals surface area contributed by atoms with Gasteiger partial charge < -0.3 is 18.3 Å². The van der Waals surface area contributed by atoms with Gasteiger partial charge in [-0.2, -0.15) is 4.91 Å². The molecule has 0 N–H and O–H groups in total. The highest BCUT2D eigenvalue weighted by atomic mass is 16.7. The van der Waals surface area contributed by atoms with Crippen LogP contribution in [0.25, 0.3) is 0 Å². The van der Waals surface area contributed by atoms with Crippen molar-refractivity contribution in [3.63, 3.8) is 0 Å². The van der Waals surface area contributed by atoms with Crippen LogP contribution in [-0.4, -0.2) is 12.2 Å². The smallest absolute Gasteiger partial charge is 0.426 e. The van der Waals surface area contributed by atoms with Gasteiger partial charge in [-0.25, -0.2) is 9.59 Å². The van der Waals surface area contributed by atoms with Crippen LogP contribution in [0.15, 0.2) is 30.6 Å². The molecule has 1 aromatic heterocycles. The second kappa shape index (κ2) is 6.18. The van der Waals surface area contributed by atoms with E-state index in [4.69, 9.17) is 9.47 Å². The zero-order valence-electron chi connectivity index (χ0n) is 10.8. The van der Waals surface area contributed by atoms with Crippen LogP contribution in [0, 0.1) is 11.8 Å². The molecule has 1 aromatic rings. The number of hydrogen-bond acceptors (Lipinski definition) is 8. The van der Waals surface area contributed by atoms with Crippen molar-refractivity contribution in [2.75, 3.05) is 0 Å². The fourth-order valence-corrected chi connectivity index (χ4v) is 1.75. The molecule has 0 amide bonds. The molecule has 0 fully saturated rings. The number of allylic oxidation sites excluding steroid dienone is 1. The number of carbonyl (C=O) groups is 1. The van der Waals surface area contributed by atoms with E-state index in [1.54, 1.807) is 6.08 Å². The van der Waals surface area contributed by atoms with E-state index in [0.29, 0.717) is 25.0 Å². The molecule has 0 radical (unpaired) electrons. The number of rotatable bonds is 4. The third-order valence-electron chi connectivity index (χ3n) is 2.86. The average molecular weight is 283 g/mol. The van der Waals surface area contributed by atoms with Crippen molar-refractivity contribution in [2.45, 2.75) is 38.8 Å². The predicted octanol–water partition coefficient (Wildman–Crippen LogP) is 2.40. The lowest BCUT2D eigenvalue weighted by atomic mass is 10.0. The maximum absolute atomic E-state index is 11.4. The minimum atomic E-state index is -0.906. The van der Waals surface area contributed by atoms with Gasteiger partial charge in [0.1, 0.15) is 5.76 Å². The van der Waals surface area contributed by atoms with Crippen molar-refractivity contribution in [2.24, 2.45) is 5.18 Å². The summed E-state index contributed by atoms with van der Waals surface area (Å²) in [5, 5.41) is 2.93. The van der Waals surface area contributed by atoms with E-state index >= 15 is 0 Å². The monoisotopic (exact) mass is 283 g/mol. The summed E-state index contributed by atoms with van der Waals surface area (Å²) >= 11 is 0. The molecule has 8 nitrogen and oxygen atoms in total.